The number of piperidine rings is 1. The Bertz CT molecular complexity index is 1110. The summed E-state index contributed by atoms with van der Waals surface area (Å²) in [5.41, 5.74) is 0. The molecule has 2 amide bonds. The lowest BCUT2D eigenvalue weighted by Gasteiger charge is -2.39. The topological polar surface area (TPSA) is 133 Å². The molecule has 1 atom stereocenters. The standard InChI is InChI=1S/C22H34N4O7S2/c1-4-25(5-2)34(29,30)19-9-11-20(12-10-19)35(31,32)26-13-7-8-17(14-26)21(27)23-18-15-24(16-18)22(28)33-6-3/h9-12,17-18H,4-8,13-16H2,1-3H3,(H,23,27)/t17-/m1/s1. The molecule has 13 heteroatoms. The number of likely N-dealkylation sites (tertiary alicyclic amines) is 1. The lowest BCUT2D eigenvalue weighted by Crippen LogP contribution is -2.62. The van der Waals surface area contributed by atoms with E-state index in [4.69, 9.17) is 4.74 Å². The van der Waals surface area contributed by atoms with E-state index in [1.54, 1.807) is 20.8 Å². The fourth-order valence-corrected chi connectivity index (χ4v) is 7.25. The molecule has 2 heterocycles. The van der Waals surface area contributed by atoms with Gasteiger partial charge in [-0.25, -0.2) is 21.6 Å². The van der Waals surface area contributed by atoms with Gasteiger partial charge < -0.3 is 15.0 Å². The van der Waals surface area contributed by atoms with Crippen molar-refractivity contribution in [2.45, 2.75) is 49.4 Å². The molecule has 3 rings (SSSR count). The monoisotopic (exact) mass is 530 g/mol. The van der Waals surface area contributed by atoms with E-state index in [-0.39, 0.29) is 41.4 Å². The molecule has 0 aromatic heterocycles. The van der Waals surface area contributed by atoms with E-state index in [1.807, 2.05) is 0 Å². The van der Waals surface area contributed by atoms with Crippen LogP contribution in [0.4, 0.5) is 4.79 Å². The highest BCUT2D eigenvalue weighted by molar-refractivity contribution is 7.89. The molecule has 196 valence electrons. The quantitative estimate of drug-likeness (QED) is 0.505. The normalized spacial score (nSPS) is 19.9. The van der Waals surface area contributed by atoms with E-state index in [1.165, 1.54) is 37.8 Å². The third kappa shape index (κ3) is 5.96. The lowest BCUT2D eigenvalue weighted by atomic mass is 9.97. The van der Waals surface area contributed by atoms with Crippen LogP contribution in [0.25, 0.3) is 0 Å². The molecule has 0 spiro atoms. The zero-order chi connectivity index (χ0) is 25.8. The number of amides is 2. The van der Waals surface area contributed by atoms with Crippen LogP contribution in [0.1, 0.15) is 33.6 Å². The summed E-state index contributed by atoms with van der Waals surface area (Å²) < 4.78 is 59.3. The van der Waals surface area contributed by atoms with Crippen LogP contribution in [0.3, 0.4) is 0 Å². The summed E-state index contributed by atoms with van der Waals surface area (Å²) in [7, 11) is -7.58. The van der Waals surface area contributed by atoms with Gasteiger partial charge in [-0.05, 0) is 44.0 Å². The second-order valence-corrected chi connectivity index (χ2v) is 12.4. The second kappa shape index (κ2) is 11.2. The van der Waals surface area contributed by atoms with Gasteiger partial charge in [0.25, 0.3) is 0 Å². The smallest absolute Gasteiger partial charge is 0.409 e. The molecule has 1 aromatic rings. The van der Waals surface area contributed by atoms with Gasteiger partial charge in [0.05, 0.1) is 28.4 Å². The fourth-order valence-electron chi connectivity index (χ4n) is 4.27. The summed E-state index contributed by atoms with van der Waals surface area (Å²) in [5.74, 6) is -0.739. The van der Waals surface area contributed by atoms with Gasteiger partial charge in [-0.15, -0.1) is 0 Å². The SMILES string of the molecule is CCOC(=O)N1CC(NC(=O)[C@@H]2CCCN(S(=O)(=O)c3ccc(S(=O)(=O)N(CC)CC)cc3)C2)C1. The van der Waals surface area contributed by atoms with Gasteiger partial charge in [-0.1, -0.05) is 13.8 Å². The molecule has 2 saturated heterocycles. The number of hydrogen-bond donors (Lipinski definition) is 1. The Kier molecular flexibility index (Phi) is 8.78. The first-order chi connectivity index (χ1) is 16.5. The van der Waals surface area contributed by atoms with Crippen molar-refractivity contribution in [2.75, 3.05) is 45.9 Å². The van der Waals surface area contributed by atoms with Crippen LogP contribution in [0.5, 0.6) is 0 Å². The number of carbonyl (C=O) groups is 2. The Labute approximate surface area is 207 Å². The molecule has 0 radical (unpaired) electrons. The highest BCUT2D eigenvalue weighted by Gasteiger charge is 2.37. The van der Waals surface area contributed by atoms with Gasteiger partial charge in [0.15, 0.2) is 0 Å². The van der Waals surface area contributed by atoms with Crippen molar-refractivity contribution in [2.24, 2.45) is 5.92 Å². The number of hydrogen-bond acceptors (Lipinski definition) is 7. The van der Waals surface area contributed by atoms with Crippen molar-refractivity contribution in [3.63, 3.8) is 0 Å². The minimum atomic E-state index is -3.89. The summed E-state index contributed by atoms with van der Waals surface area (Å²) in [4.78, 5) is 25.9. The Morgan fingerprint density at radius 2 is 1.60 bits per heavy atom. The van der Waals surface area contributed by atoms with E-state index in [0.29, 0.717) is 39.0 Å². The molecule has 0 aliphatic carbocycles. The minimum Gasteiger partial charge on any atom is -0.450 e. The highest BCUT2D eigenvalue weighted by Crippen LogP contribution is 2.26. The van der Waals surface area contributed by atoms with E-state index >= 15 is 0 Å². The molecule has 0 bridgehead atoms. The van der Waals surface area contributed by atoms with Gasteiger partial charge >= 0.3 is 6.09 Å². The Balaban J connectivity index is 1.62. The Morgan fingerprint density at radius 3 is 2.17 bits per heavy atom. The molecule has 2 fully saturated rings. The first-order valence-corrected chi connectivity index (χ1v) is 14.7. The number of nitrogens with zero attached hydrogens (tertiary/aromatic N) is 3. The molecular formula is C22H34N4O7S2. The van der Waals surface area contributed by atoms with Crippen molar-refractivity contribution in [1.29, 1.82) is 0 Å². The minimum absolute atomic E-state index is 0.0128. The van der Waals surface area contributed by atoms with E-state index < -0.39 is 32.1 Å². The third-order valence-corrected chi connectivity index (χ3v) is 10.3. The van der Waals surface area contributed by atoms with Crippen LogP contribution < -0.4 is 5.32 Å². The van der Waals surface area contributed by atoms with Gasteiger partial charge in [0, 0.05) is 39.3 Å². The molecular weight excluding hydrogens is 496 g/mol. The second-order valence-electron chi connectivity index (χ2n) is 8.57. The van der Waals surface area contributed by atoms with Crippen LogP contribution in [0.2, 0.25) is 0 Å². The average molecular weight is 531 g/mol. The number of sulfonamides is 2. The van der Waals surface area contributed by atoms with Crippen molar-refractivity contribution in [1.82, 2.24) is 18.8 Å². The summed E-state index contributed by atoms with van der Waals surface area (Å²) in [5, 5.41) is 2.89. The summed E-state index contributed by atoms with van der Waals surface area (Å²) in [6, 6.07) is 5.03. The highest BCUT2D eigenvalue weighted by atomic mass is 32.2. The van der Waals surface area contributed by atoms with E-state index in [9.17, 15) is 26.4 Å². The van der Waals surface area contributed by atoms with Gasteiger partial charge in [-0.3, -0.25) is 4.79 Å². The van der Waals surface area contributed by atoms with E-state index in [0.717, 1.165) is 0 Å². The predicted octanol–water partition coefficient (Wildman–Crippen LogP) is 1.07. The number of nitrogens with one attached hydrogen (secondary N) is 1. The molecule has 0 unspecified atom stereocenters. The van der Waals surface area contributed by atoms with Crippen molar-refractivity contribution < 1.29 is 31.2 Å². The molecule has 0 saturated carbocycles. The predicted molar refractivity (Wildman–Crippen MR) is 129 cm³/mol. The third-order valence-electron chi connectivity index (χ3n) is 6.31. The molecule has 2 aliphatic rings. The van der Waals surface area contributed by atoms with Gasteiger partial charge in [0.2, 0.25) is 26.0 Å². The Morgan fingerprint density at radius 1 is 1.00 bits per heavy atom. The maximum atomic E-state index is 13.2. The summed E-state index contributed by atoms with van der Waals surface area (Å²) in [6.07, 6.45) is 0.683. The summed E-state index contributed by atoms with van der Waals surface area (Å²) >= 11 is 0. The first kappa shape index (κ1) is 27.4. The maximum absolute atomic E-state index is 13.2. The zero-order valence-corrected chi connectivity index (χ0v) is 22.0. The van der Waals surface area contributed by atoms with Crippen LogP contribution in [-0.4, -0.2) is 94.3 Å². The lowest BCUT2D eigenvalue weighted by molar-refractivity contribution is -0.127. The first-order valence-electron chi connectivity index (χ1n) is 11.9. The van der Waals surface area contributed by atoms with Crippen molar-refractivity contribution >= 4 is 32.0 Å². The van der Waals surface area contributed by atoms with Crippen molar-refractivity contribution in [3.05, 3.63) is 24.3 Å². The molecule has 1 N–H and O–H groups in total. The average Bonchev–Trinajstić information content (AvgIpc) is 2.81. The number of rotatable bonds is 9. The van der Waals surface area contributed by atoms with Gasteiger partial charge in [-0.2, -0.15) is 8.61 Å². The van der Waals surface area contributed by atoms with Crippen molar-refractivity contribution in [3.8, 4) is 0 Å². The van der Waals surface area contributed by atoms with Crippen LogP contribution in [-0.2, 0) is 29.6 Å². The van der Waals surface area contributed by atoms with Crippen LogP contribution in [0.15, 0.2) is 34.1 Å². The van der Waals surface area contributed by atoms with Gasteiger partial charge in [0.1, 0.15) is 0 Å². The number of ether oxygens (including phenoxy) is 1. The fraction of sp³-hybridized carbons (Fsp3) is 0.636. The van der Waals surface area contributed by atoms with E-state index in [2.05, 4.69) is 5.32 Å². The Hall–Kier alpha value is -2.22. The maximum Gasteiger partial charge on any atom is 0.409 e. The molecule has 35 heavy (non-hydrogen) atoms. The number of carbonyl (C=O) groups excluding carboxylic acids is 2. The summed E-state index contributed by atoms with van der Waals surface area (Å²) in [6.45, 7) is 7.18. The zero-order valence-electron chi connectivity index (χ0n) is 20.3. The molecule has 1 aromatic carbocycles. The molecule has 2 aliphatic heterocycles. The van der Waals surface area contributed by atoms with Crippen LogP contribution in [0, 0.1) is 5.92 Å². The molecule has 11 nitrogen and oxygen atoms in total. The van der Waals surface area contributed by atoms with Crippen LogP contribution >= 0.6 is 0 Å². The number of benzene rings is 1. The largest absolute Gasteiger partial charge is 0.450 e.